The van der Waals surface area contributed by atoms with Crippen molar-refractivity contribution in [2.45, 2.75) is 12.8 Å². The van der Waals surface area contributed by atoms with Crippen molar-refractivity contribution in [2.24, 2.45) is 0 Å². The average molecular weight is 202 g/mol. The van der Waals surface area contributed by atoms with Crippen LogP contribution in [0.3, 0.4) is 0 Å². The van der Waals surface area contributed by atoms with Crippen LogP contribution in [0.15, 0.2) is 24.3 Å². The molecule has 1 rings (SSSR count). The van der Waals surface area contributed by atoms with Crippen molar-refractivity contribution < 1.29 is 13.2 Å². The highest BCUT2D eigenvalue weighted by molar-refractivity contribution is 7.79. The third kappa shape index (κ3) is 3.65. The van der Waals surface area contributed by atoms with Crippen LogP contribution >= 0.6 is 0 Å². The molecule has 1 N–H and O–H groups in total. The van der Waals surface area contributed by atoms with Gasteiger partial charge in [-0.25, -0.2) is 8.60 Å². The maximum Gasteiger partial charge on any atom is 0.152 e. The van der Waals surface area contributed by atoms with Crippen molar-refractivity contribution in [2.75, 3.05) is 5.75 Å². The summed E-state index contributed by atoms with van der Waals surface area (Å²) >= 11 is -1.77. The first-order chi connectivity index (χ1) is 6.20. The molecular weight excluding hydrogens is 191 g/mol. The lowest BCUT2D eigenvalue weighted by atomic mass is 10.1. The van der Waals surface area contributed by atoms with E-state index in [1.54, 1.807) is 18.2 Å². The van der Waals surface area contributed by atoms with E-state index < -0.39 is 11.1 Å². The van der Waals surface area contributed by atoms with E-state index in [-0.39, 0.29) is 11.6 Å². The van der Waals surface area contributed by atoms with Crippen molar-refractivity contribution in [3.63, 3.8) is 0 Å². The fourth-order valence-corrected chi connectivity index (χ4v) is 1.48. The molecule has 0 radical (unpaired) electrons. The Hall–Kier alpha value is -0.740. The molecule has 1 atom stereocenters. The summed E-state index contributed by atoms with van der Waals surface area (Å²) in [7, 11) is 0. The highest BCUT2D eigenvalue weighted by Crippen LogP contribution is 2.08. The normalized spacial score (nSPS) is 12.8. The number of hydrogen-bond donors (Lipinski definition) is 1. The van der Waals surface area contributed by atoms with E-state index in [4.69, 9.17) is 4.55 Å². The van der Waals surface area contributed by atoms with E-state index in [9.17, 15) is 8.60 Å². The Labute approximate surface area is 79.1 Å². The van der Waals surface area contributed by atoms with Gasteiger partial charge in [0.05, 0.1) is 0 Å². The summed E-state index contributed by atoms with van der Waals surface area (Å²) in [6.45, 7) is 0. The minimum atomic E-state index is -1.77. The van der Waals surface area contributed by atoms with Crippen molar-refractivity contribution in [3.05, 3.63) is 35.6 Å². The molecule has 2 nitrogen and oxygen atoms in total. The lowest BCUT2D eigenvalue weighted by Gasteiger charge is -2.00. The number of aryl methyl sites for hydroxylation is 1. The van der Waals surface area contributed by atoms with Gasteiger partial charge in [-0.05, 0) is 24.5 Å². The molecule has 0 saturated heterocycles. The van der Waals surface area contributed by atoms with Gasteiger partial charge in [-0.1, -0.05) is 18.2 Å². The van der Waals surface area contributed by atoms with Gasteiger partial charge >= 0.3 is 0 Å². The third-order valence-corrected chi connectivity index (χ3v) is 2.36. The first-order valence-electron chi connectivity index (χ1n) is 4.01. The van der Waals surface area contributed by atoms with Crippen LogP contribution in [-0.2, 0) is 17.5 Å². The Morgan fingerprint density at radius 1 is 1.38 bits per heavy atom. The Kier molecular flexibility index (Phi) is 4.05. The summed E-state index contributed by atoms with van der Waals surface area (Å²) in [6.07, 6.45) is 1.04. The molecule has 0 amide bonds. The van der Waals surface area contributed by atoms with Crippen molar-refractivity contribution in [1.82, 2.24) is 0 Å². The van der Waals surface area contributed by atoms with Gasteiger partial charge < -0.3 is 4.55 Å². The van der Waals surface area contributed by atoms with E-state index in [0.29, 0.717) is 18.4 Å². The fraction of sp³-hybridized carbons (Fsp3) is 0.333. The zero-order valence-corrected chi connectivity index (χ0v) is 7.89. The standard InChI is InChI=1S/C9H11FO2S/c10-9-6-2-1-4-8(9)5-3-7-13(11)12/h1-2,4,6H,3,5,7H2,(H,11,12). The van der Waals surface area contributed by atoms with E-state index >= 15 is 0 Å². The van der Waals surface area contributed by atoms with E-state index in [2.05, 4.69) is 0 Å². The molecule has 1 aromatic carbocycles. The second kappa shape index (κ2) is 5.09. The summed E-state index contributed by atoms with van der Waals surface area (Å²) in [5.74, 6) is -0.0415. The predicted molar refractivity (Wildman–Crippen MR) is 50.4 cm³/mol. The highest BCUT2D eigenvalue weighted by Gasteiger charge is 2.00. The van der Waals surface area contributed by atoms with Crippen LogP contribution in [-0.4, -0.2) is 14.5 Å². The molecule has 1 aromatic rings. The molecule has 13 heavy (non-hydrogen) atoms. The predicted octanol–water partition coefficient (Wildman–Crippen LogP) is 1.98. The first-order valence-corrected chi connectivity index (χ1v) is 5.28. The van der Waals surface area contributed by atoms with Crippen LogP contribution in [0.25, 0.3) is 0 Å². The quantitative estimate of drug-likeness (QED) is 0.758. The minimum absolute atomic E-state index is 0.203. The van der Waals surface area contributed by atoms with Crippen LogP contribution < -0.4 is 0 Å². The van der Waals surface area contributed by atoms with Crippen molar-refractivity contribution in [3.8, 4) is 0 Å². The van der Waals surface area contributed by atoms with Gasteiger partial charge in [0.15, 0.2) is 11.1 Å². The molecule has 72 valence electrons. The molecule has 0 heterocycles. The number of halogens is 1. The molecule has 0 aromatic heterocycles. The lowest BCUT2D eigenvalue weighted by Crippen LogP contribution is -1.98. The van der Waals surface area contributed by atoms with Gasteiger partial charge in [0.2, 0.25) is 0 Å². The second-order valence-electron chi connectivity index (χ2n) is 2.72. The molecule has 0 saturated carbocycles. The maximum atomic E-state index is 13.0. The van der Waals surface area contributed by atoms with E-state index in [1.807, 2.05) is 0 Å². The van der Waals surface area contributed by atoms with Crippen LogP contribution in [0, 0.1) is 5.82 Å². The van der Waals surface area contributed by atoms with Crippen LogP contribution in [0.5, 0.6) is 0 Å². The summed E-state index contributed by atoms with van der Waals surface area (Å²) in [6, 6.07) is 6.47. The van der Waals surface area contributed by atoms with Crippen molar-refractivity contribution >= 4 is 11.1 Å². The summed E-state index contributed by atoms with van der Waals surface area (Å²) in [5.41, 5.74) is 0.605. The van der Waals surface area contributed by atoms with Gasteiger partial charge in [-0.15, -0.1) is 0 Å². The van der Waals surface area contributed by atoms with Crippen molar-refractivity contribution in [1.29, 1.82) is 0 Å². The Morgan fingerprint density at radius 2 is 2.08 bits per heavy atom. The van der Waals surface area contributed by atoms with E-state index in [0.717, 1.165) is 0 Å². The summed E-state index contributed by atoms with van der Waals surface area (Å²) in [5, 5.41) is 0. The third-order valence-electron chi connectivity index (χ3n) is 1.72. The maximum absolute atomic E-state index is 13.0. The fourth-order valence-electron chi connectivity index (χ4n) is 1.09. The smallest absolute Gasteiger partial charge is 0.152 e. The van der Waals surface area contributed by atoms with Gasteiger partial charge in [0.1, 0.15) is 5.82 Å². The molecule has 0 spiro atoms. The summed E-state index contributed by atoms with van der Waals surface area (Å²) in [4.78, 5) is 0. The lowest BCUT2D eigenvalue weighted by molar-refractivity contribution is 0.560. The monoisotopic (exact) mass is 202 g/mol. The van der Waals surface area contributed by atoms with Gasteiger partial charge in [-0.3, -0.25) is 0 Å². The van der Waals surface area contributed by atoms with Gasteiger partial charge in [-0.2, -0.15) is 0 Å². The zero-order chi connectivity index (χ0) is 9.68. The topological polar surface area (TPSA) is 37.3 Å². The minimum Gasteiger partial charge on any atom is -0.306 e. The molecule has 4 heteroatoms. The number of hydrogen-bond acceptors (Lipinski definition) is 1. The van der Waals surface area contributed by atoms with E-state index in [1.165, 1.54) is 6.07 Å². The van der Waals surface area contributed by atoms with Crippen LogP contribution in [0.4, 0.5) is 4.39 Å². The largest absolute Gasteiger partial charge is 0.306 e. The van der Waals surface area contributed by atoms with Crippen LogP contribution in [0.2, 0.25) is 0 Å². The molecule has 0 bridgehead atoms. The molecular formula is C9H11FO2S. The Balaban J connectivity index is 2.45. The SMILES string of the molecule is O=S(O)CCCc1ccccc1F. The van der Waals surface area contributed by atoms with Crippen LogP contribution in [0.1, 0.15) is 12.0 Å². The highest BCUT2D eigenvalue weighted by atomic mass is 32.2. The zero-order valence-electron chi connectivity index (χ0n) is 7.07. The Morgan fingerprint density at radius 3 is 2.69 bits per heavy atom. The summed E-state index contributed by atoms with van der Waals surface area (Å²) < 4.78 is 31.7. The number of benzene rings is 1. The molecule has 1 unspecified atom stereocenters. The molecule has 0 aliphatic carbocycles. The number of rotatable bonds is 4. The first kappa shape index (κ1) is 10.3. The average Bonchev–Trinajstić information content (AvgIpc) is 2.08. The van der Waals surface area contributed by atoms with Gasteiger partial charge in [0.25, 0.3) is 0 Å². The molecule has 0 aliphatic rings. The second-order valence-corrected chi connectivity index (χ2v) is 3.77. The van der Waals surface area contributed by atoms with Gasteiger partial charge in [0, 0.05) is 5.75 Å². The molecule has 0 fully saturated rings. The molecule has 0 aliphatic heterocycles. The Bertz CT molecular complexity index is 301.